The van der Waals surface area contributed by atoms with Crippen molar-refractivity contribution in [3.8, 4) is 5.75 Å². The average molecular weight is 437 g/mol. The largest absolute Gasteiger partial charge is 0.494 e. The summed E-state index contributed by atoms with van der Waals surface area (Å²) in [6.45, 7) is 3.12. The molecule has 2 rings (SSSR count). The van der Waals surface area contributed by atoms with Gasteiger partial charge in [0.1, 0.15) is 12.8 Å². The first-order chi connectivity index (χ1) is 15.8. The van der Waals surface area contributed by atoms with Crippen LogP contribution in [0.2, 0.25) is 0 Å². The molecule has 32 heavy (non-hydrogen) atoms. The first kappa shape index (κ1) is 26.2. The van der Waals surface area contributed by atoms with Crippen LogP contribution in [0.3, 0.4) is 0 Å². The summed E-state index contributed by atoms with van der Waals surface area (Å²) in [6, 6.07) is 12.6. The van der Waals surface area contributed by atoms with Gasteiger partial charge in [0.05, 0.1) is 6.61 Å². The zero-order chi connectivity index (χ0) is 22.7. The third-order valence-electron chi connectivity index (χ3n) is 6.12. The predicted molar refractivity (Wildman–Crippen MR) is 139 cm³/mol. The second-order valence-corrected chi connectivity index (χ2v) is 9.14. The summed E-state index contributed by atoms with van der Waals surface area (Å²) in [4.78, 5) is 0. The molecule has 176 valence electrons. The lowest BCUT2D eigenvalue weighted by molar-refractivity contribution is -0.671. The third kappa shape index (κ3) is 12.7. The molecule has 0 atom stereocenters. The molecule has 0 aliphatic heterocycles. The van der Waals surface area contributed by atoms with Gasteiger partial charge in [-0.1, -0.05) is 115 Å². The van der Waals surface area contributed by atoms with Crippen molar-refractivity contribution in [2.75, 3.05) is 6.61 Å². The Bertz CT molecular complexity index is 718. The summed E-state index contributed by atoms with van der Waals surface area (Å²) in [5, 5.41) is 0. The molecule has 0 saturated heterocycles. The van der Waals surface area contributed by atoms with Crippen LogP contribution in [0.5, 0.6) is 5.75 Å². The predicted octanol–water partition coefficient (Wildman–Crippen LogP) is 8.54. The van der Waals surface area contributed by atoms with E-state index in [1.807, 2.05) is 11.6 Å². The summed E-state index contributed by atoms with van der Waals surface area (Å²) < 4.78 is 7.96. The Morgan fingerprint density at radius 2 is 1.03 bits per heavy atom. The zero-order valence-corrected chi connectivity index (χ0v) is 20.7. The van der Waals surface area contributed by atoms with Crippen molar-refractivity contribution in [2.24, 2.45) is 7.05 Å². The van der Waals surface area contributed by atoms with E-state index in [-0.39, 0.29) is 0 Å². The number of benzene rings is 1. The fourth-order valence-corrected chi connectivity index (χ4v) is 3.98. The number of unbranched alkanes of at least 4 members (excludes halogenated alkanes) is 13. The van der Waals surface area contributed by atoms with Gasteiger partial charge < -0.3 is 4.74 Å². The summed E-state index contributed by atoms with van der Waals surface area (Å²) in [5.41, 5.74) is 2.41. The van der Waals surface area contributed by atoms with Gasteiger partial charge in [-0.05, 0) is 29.7 Å². The second-order valence-electron chi connectivity index (χ2n) is 9.14. The lowest BCUT2D eigenvalue weighted by Gasteiger charge is -2.07. The summed E-state index contributed by atoms with van der Waals surface area (Å²) in [5.74, 6) is 0.976. The fraction of sp³-hybridized carbons (Fsp3) is 0.567. The SMILES string of the molecule is CCCCCCCCCCCCCCCCOc1ccc(/C=C/c2cc[n+](C)cc2)cc1. The Kier molecular flexibility index (Phi) is 14.3. The van der Waals surface area contributed by atoms with Gasteiger partial charge in [0.15, 0.2) is 12.4 Å². The van der Waals surface area contributed by atoms with Crippen LogP contribution in [0.1, 0.15) is 108 Å². The van der Waals surface area contributed by atoms with E-state index in [1.54, 1.807) is 0 Å². The molecule has 0 bridgehead atoms. The molecular weight excluding hydrogens is 390 g/mol. The minimum absolute atomic E-state index is 0.828. The van der Waals surface area contributed by atoms with Crippen LogP contribution >= 0.6 is 0 Å². The maximum Gasteiger partial charge on any atom is 0.169 e. The average Bonchev–Trinajstić information content (AvgIpc) is 2.82. The number of hydrogen-bond acceptors (Lipinski definition) is 1. The van der Waals surface area contributed by atoms with Crippen molar-refractivity contribution >= 4 is 12.2 Å². The third-order valence-corrected chi connectivity index (χ3v) is 6.12. The smallest absolute Gasteiger partial charge is 0.169 e. The van der Waals surface area contributed by atoms with E-state index < -0.39 is 0 Å². The van der Waals surface area contributed by atoms with E-state index >= 15 is 0 Å². The molecule has 0 aliphatic carbocycles. The van der Waals surface area contributed by atoms with Gasteiger partial charge in [-0.2, -0.15) is 0 Å². The number of rotatable bonds is 18. The van der Waals surface area contributed by atoms with E-state index in [1.165, 1.54) is 94.6 Å². The quantitative estimate of drug-likeness (QED) is 0.168. The molecule has 2 nitrogen and oxygen atoms in total. The highest BCUT2D eigenvalue weighted by Gasteiger charge is 1.97. The molecule has 0 N–H and O–H groups in total. The summed E-state index contributed by atoms with van der Waals surface area (Å²) in [7, 11) is 2.03. The van der Waals surface area contributed by atoms with Gasteiger partial charge in [-0.25, -0.2) is 4.57 Å². The number of aromatic nitrogens is 1. The lowest BCUT2D eigenvalue weighted by Crippen LogP contribution is -2.25. The van der Waals surface area contributed by atoms with Crippen LogP contribution < -0.4 is 9.30 Å². The van der Waals surface area contributed by atoms with Crippen molar-refractivity contribution in [1.82, 2.24) is 0 Å². The van der Waals surface area contributed by atoms with E-state index in [9.17, 15) is 0 Å². The maximum atomic E-state index is 5.92. The molecular formula is C30H46NO+. The van der Waals surface area contributed by atoms with Crippen LogP contribution in [0.4, 0.5) is 0 Å². The van der Waals surface area contributed by atoms with Gasteiger partial charge in [-0.3, -0.25) is 0 Å². The monoisotopic (exact) mass is 436 g/mol. The first-order valence-corrected chi connectivity index (χ1v) is 13.1. The molecule has 0 radical (unpaired) electrons. The molecule has 0 spiro atoms. The van der Waals surface area contributed by atoms with Crippen LogP contribution in [-0.2, 0) is 7.05 Å². The van der Waals surface area contributed by atoms with Crippen molar-refractivity contribution in [3.63, 3.8) is 0 Å². The fourth-order valence-electron chi connectivity index (χ4n) is 3.98. The molecule has 1 aromatic carbocycles. The molecule has 0 unspecified atom stereocenters. The molecule has 0 saturated carbocycles. The Morgan fingerprint density at radius 1 is 0.594 bits per heavy atom. The standard InChI is InChI=1S/C30H46NO/c1-3-4-5-6-7-8-9-10-11-12-13-14-15-16-27-32-30-21-19-28(20-22-30)17-18-29-23-25-31(2)26-24-29/h17-26H,3-16,27H2,1-2H3/q+1/b18-17+. The van der Waals surface area contributed by atoms with Crippen LogP contribution in [-0.4, -0.2) is 6.61 Å². The minimum atomic E-state index is 0.828. The molecule has 2 heteroatoms. The van der Waals surface area contributed by atoms with E-state index in [2.05, 4.69) is 67.9 Å². The second kappa shape index (κ2) is 17.5. The number of pyridine rings is 1. The highest BCUT2D eigenvalue weighted by atomic mass is 16.5. The Balaban J connectivity index is 1.43. The zero-order valence-electron chi connectivity index (χ0n) is 20.7. The lowest BCUT2D eigenvalue weighted by atomic mass is 10.0. The van der Waals surface area contributed by atoms with E-state index in [0.29, 0.717) is 0 Å². The molecule has 1 heterocycles. The summed E-state index contributed by atoms with van der Waals surface area (Å²) >= 11 is 0. The van der Waals surface area contributed by atoms with Crippen molar-refractivity contribution in [3.05, 3.63) is 59.9 Å². The van der Waals surface area contributed by atoms with E-state index in [0.717, 1.165) is 18.8 Å². The maximum absolute atomic E-state index is 5.92. The molecule has 2 aromatic rings. The number of ether oxygens (including phenoxy) is 1. The molecule has 0 aliphatic rings. The first-order valence-electron chi connectivity index (χ1n) is 13.1. The van der Waals surface area contributed by atoms with Crippen LogP contribution in [0.15, 0.2) is 48.8 Å². The highest BCUT2D eigenvalue weighted by Crippen LogP contribution is 2.16. The van der Waals surface area contributed by atoms with Crippen molar-refractivity contribution in [1.29, 1.82) is 0 Å². The van der Waals surface area contributed by atoms with Crippen molar-refractivity contribution < 1.29 is 9.30 Å². The number of nitrogens with zero attached hydrogens (tertiary/aromatic N) is 1. The highest BCUT2D eigenvalue weighted by molar-refractivity contribution is 5.69. The van der Waals surface area contributed by atoms with Crippen molar-refractivity contribution in [2.45, 2.75) is 96.8 Å². The number of aryl methyl sites for hydroxylation is 1. The molecule has 0 fully saturated rings. The Morgan fingerprint density at radius 3 is 1.53 bits per heavy atom. The van der Waals surface area contributed by atoms with Gasteiger partial charge in [0, 0.05) is 12.1 Å². The summed E-state index contributed by atoms with van der Waals surface area (Å²) in [6.07, 6.45) is 27.9. The van der Waals surface area contributed by atoms with Crippen LogP contribution in [0.25, 0.3) is 12.2 Å². The van der Waals surface area contributed by atoms with Gasteiger partial charge in [0.25, 0.3) is 0 Å². The van der Waals surface area contributed by atoms with E-state index in [4.69, 9.17) is 4.74 Å². The Hall–Kier alpha value is -2.09. The Labute approximate surface area is 197 Å². The minimum Gasteiger partial charge on any atom is -0.494 e. The van der Waals surface area contributed by atoms with Gasteiger partial charge in [0.2, 0.25) is 0 Å². The normalized spacial score (nSPS) is 11.3. The van der Waals surface area contributed by atoms with Gasteiger partial charge in [-0.15, -0.1) is 0 Å². The van der Waals surface area contributed by atoms with Crippen LogP contribution in [0, 0.1) is 0 Å². The topological polar surface area (TPSA) is 13.1 Å². The molecule has 0 amide bonds. The van der Waals surface area contributed by atoms with Gasteiger partial charge >= 0.3 is 0 Å². The number of hydrogen-bond donors (Lipinski definition) is 0. The molecule has 1 aromatic heterocycles.